The summed E-state index contributed by atoms with van der Waals surface area (Å²) >= 11 is 0. The number of carboxylic acids is 4. The summed E-state index contributed by atoms with van der Waals surface area (Å²) < 4.78 is 0. The van der Waals surface area contributed by atoms with Crippen LogP contribution in [-0.4, -0.2) is 154 Å². The molecule has 172 valence electrons. The molecule has 1 unspecified atom stereocenters. The van der Waals surface area contributed by atoms with E-state index in [9.17, 15) is 34.5 Å². The Bertz CT molecular complexity index is 604. The lowest BCUT2D eigenvalue weighted by molar-refractivity contribution is -0.142. The number of aliphatic hydroxyl groups is 1. The van der Waals surface area contributed by atoms with Crippen LogP contribution in [0.25, 0.3) is 0 Å². The molecule has 0 radical (unpaired) electrons. The first-order chi connectivity index (χ1) is 14.1. The predicted molar refractivity (Wildman–Crippen MR) is 102 cm³/mol. The molecular formula is C17H30N4O9. The number of hydrogen-bond donors (Lipinski definition) is 5. The molecule has 0 aromatic rings. The minimum atomic E-state index is -1.12. The van der Waals surface area contributed by atoms with Gasteiger partial charge in [0.05, 0.1) is 32.8 Å². The van der Waals surface area contributed by atoms with E-state index < -0.39 is 43.1 Å². The molecule has 0 saturated carbocycles. The minimum Gasteiger partial charge on any atom is -0.480 e. The maximum atomic E-state index is 11.3. The Morgan fingerprint density at radius 3 is 1.37 bits per heavy atom. The van der Waals surface area contributed by atoms with Crippen LogP contribution in [-0.2, 0) is 19.2 Å². The molecule has 0 aliphatic carbocycles. The van der Waals surface area contributed by atoms with Crippen LogP contribution in [0.5, 0.6) is 0 Å². The smallest absolute Gasteiger partial charge is 0.317 e. The van der Waals surface area contributed by atoms with E-state index in [1.165, 1.54) is 9.80 Å². The van der Waals surface area contributed by atoms with Crippen LogP contribution in [0, 0.1) is 0 Å². The van der Waals surface area contributed by atoms with Gasteiger partial charge in [0.15, 0.2) is 0 Å². The third-order valence-electron chi connectivity index (χ3n) is 4.78. The van der Waals surface area contributed by atoms with Crippen LogP contribution < -0.4 is 0 Å². The molecule has 13 nitrogen and oxygen atoms in total. The second-order valence-electron chi connectivity index (χ2n) is 7.17. The Kier molecular flexibility index (Phi) is 11.2. The van der Waals surface area contributed by atoms with Gasteiger partial charge in [0.25, 0.3) is 0 Å². The quantitative estimate of drug-likeness (QED) is 0.246. The van der Waals surface area contributed by atoms with Gasteiger partial charge in [0.1, 0.15) is 0 Å². The maximum absolute atomic E-state index is 11.3. The highest BCUT2D eigenvalue weighted by molar-refractivity contribution is 5.70. The molecule has 1 rings (SSSR count). The van der Waals surface area contributed by atoms with E-state index in [0.717, 1.165) is 0 Å². The number of aliphatic carboxylic acids is 4. The number of nitrogens with zero attached hydrogens (tertiary/aromatic N) is 4. The van der Waals surface area contributed by atoms with E-state index in [1.54, 1.807) is 9.80 Å². The number of rotatable bonds is 9. The first kappa shape index (κ1) is 25.7. The van der Waals surface area contributed by atoms with Gasteiger partial charge in [-0.2, -0.15) is 0 Å². The molecule has 1 heterocycles. The number of carbonyl (C=O) groups is 4. The molecule has 1 fully saturated rings. The summed E-state index contributed by atoms with van der Waals surface area (Å²) in [6.07, 6.45) is 0. The normalized spacial score (nSPS) is 21.4. The van der Waals surface area contributed by atoms with Gasteiger partial charge < -0.3 is 25.5 Å². The van der Waals surface area contributed by atoms with Crippen molar-refractivity contribution < 1.29 is 44.7 Å². The van der Waals surface area contributed by atoms with Gasteiger partial charge in [-0.05, 0) is 0 Å². The Labute approximate surface area is 173 Å². The van der Waals surface area contributed by atoms with Crippen molar-refractivity contribution in [3.63, 3.8) is 0 Å². The lowest BCUT2D eigenvalue weighted by Gasteiger charge is -2.36. The Morgan fingerprint density at radius 2 is 0.967 bits per heavy atom. The lowest BCUT2D eigenvalue weighted by Crippen LogP contribution is -2.54. The molecular weight excluding hydrogens is 404 g/mol. The van der Waals surface area contributed by atoms with Gasteiger partial charge in [0, 0.05) is 51.9 Å². The van der Waals surface area contributed by atoms with E-state index in [2.05, 4.69) is 0 Å². The fraction of sp³-hybridized carbons (Fsp3) is 0.765. The summed E-state index contributed by atoms with van der Waals surface area (Å²) in [5.74, 6) is -4.34. The third kappa shape index (κ3) is 10.5. The molecule has 1 atom stereocenters. The van der Waals surface area contributed by atoms with Crippen molar-refractivity contribution in [1.29, 1.82) is 0 Å². The van der Waals surface area contributed by atoms with E-state index in [1.807, 2.05) is 0 Å². The highest BCUT2D eigenvalue weighted by atomic mass is 16.4. The average Bonchev–Trinajstić information content (AvgIpc) is 2.61. The lowest BCUT2D eigenvalue weighted by atomic mass is 10.2. The molecule has 30 heavy (non-hydrogen) atoms. The molecule has 13 heteroatoms. The molecule has 5 N–H and O–H groups in total. The standard InChI is InChI=1S/C17H30N4O9/c22-12-13-7-20(10-16(27)28)4-3-18(8-14(23)24)1-2-19(9-15(25)26)5-6-21(13)11-17(29)30/h13,22H,1-12H2,(H,23,24)(H,25,26)(H,27,28)(H,29,30). The zero-order chi connectivity index (χ0) is 22.7. The summed E-state index contributed by atoms with van der Waals surface area (Å²) in [7, 11) is 0. The maximum Gasteiger partial charge on any atom is 0.317 e. The van der Waals surface area contributed by atoms with Gasteiger partial charge in [-0.15, -0.1) is 0 Å². The largest absolute Gasteiger partial charge is 0.480 e. The Morgan fingerprint density at radius 1 is 0.600 bits per heavy atom. The molecule has 0 amide bonds. The highest BCUT2D eigenvalue weighted by Gasteiger charge is 2.26. The Balaban J connectivity index is 3.09. The number of carboxylic acid groups (broad SMARTS) is 4. The molecule has 0 aromatic carbocycles. The van der Waals surface area contributed by atoms with Crippen LogP contribution in [0.2, 0.25) is 0 Å². The fourth-order valence-electron chi connectivity index (χ4n) is 3.34. The van der Waals surface area contributed by atoms with Crippen LogP contribution >= 0.6 is 0 Å². The first-order valence-corrected chi connectivity index (χ1v) is 9.49. The van der Waals surface area contributed by atoms with Crippen molar-refractivity contribution in [3.8, 4) is 0 Å². The van der Waals surface area contributed by atoms with Crippen LogP contribution in [0.1, 0.15) is 0 Å². The molecule has 1 saturated heterocycles. The Hall–Kier alpha value is -2.32. The van der Waals surface area contributed by atoms with E-state index in [0.29, 0.717) is 0 Å². The van der Waals surface area contributed by atoms with E-state index >= 15 is 0 Å². The van der Waals surface area contributed by atoms with Gasteiger partial charge >= 0.3 is 23.9 Å². The van der Waals surface area contributed by atoms with Crippen molar-refractivity contribution in [2.45, 2.75) is 6.04 Å². The first-order valence-electron chi connectivity index (χ1n) is 9.49. The van der Waals surface area contributed by atoms with Gasteiger partial charge in [0.2, 0.25) is 0 Å². The SMILES string of the molecule is O=C(O)CN1CCN(CC(=O)O)CCN(CC(=O)O)C(CO)CN(CC(=O)O)CC1. The van der Waals surface area contributed by atoms with Crippen molar-refractivity contribution in [1.82, 2.24) is 19.6 Å². The predicted octanol–water partition coefficient (Wildman–Crippen LogP) is -3.09. The third-order valence-corrected chi connectivity index (χ3v) is 4.78. The average molecular weight is 434 g/mol. The second-order valence-corrected chi connectivity index (χ2v) is 7.17. The molecule has 0 aromatic heterocycles. The van der Waals surface area contributed by atoms with Crippen LogP contribution in [0.3, 0.4) is 0 Å². The molecule has 1 aliphatic heterocycles. The minimum absolute atomic E-state index is 0.0654. The van der Waals surface area contributed by atoms with E-state index in [-0.39, 0.29) is 65.4 Å². The van der Waals surface area contributed by atoms with Gasteiger partial charge in [-0.3, -0.25) is 38.8 Å². The summed E-state index contributed by atoms with van der Waals surface area (Å²) in [6.45, 7) is -0.425. The molecule has 0 bridgehead atoms. The number of aliphatic hydroxyl groups excluding tert-OH is 1. The molecule has 0 spiro atoms. The zero-order valence-corrected chi connectivity index (χ0v) is 16.7. The van der Waals surface area contributed by atoms with Crippen molar-refractivity contribution >= 4 is 23.9 Å². The summed E-state index contributed by atoms with van der Waals surface area (Å²) in [5, 5.41) is 46.4. The van der Waals surface area contributed by atoms with Crippen molar-refractivity contribution in [3.05, 3.63) is 0 Å². The van der Waals surface area contributed by atoms with Crippen molar-refractivity contribution in [2.24, 2.45) is 0 Å². The summed E-state index contributed by atoms with van der Waals surface area (Å²) in [5.41, 5.74) is 0. The second kappa shape index (κ2) is 13.1. The van der Waals surface area contributed by atoms with Gasteiger partial charge in [-0.25, -0.2) is 0 Å². The highest BCUT2D eigenvalue weighted by Crippen LogP contribution is 2.07. The summed E-state index contributed by atoms with van der Waals surface area (Å²) in [6, 6.07) is -0.681. The summed E-state index contributed by atoms with van der Waals surface area (Å²) in [4.78, 5) is 51.0. The van der Waals surface area contributed by atoms with Crippen molar-refractivity contribution in [2.75, 3.05) is 78.6 Å². The zero-order valence-electron chi connectivity index (χ0n) is 16.7. The number of hydrogen-bond acceptors (Lipinski definition) is 9. The fourth-order valence-corrected chi connectivity index (χ4v) is 3.34. The van der Waals surface area contributed by atoms with E-state index in [4.69, 9.17) is 10.2 Å². The van der Waals surface area contributed by atoms with Crippen LogP contribution in [0.4, 0.5) is 0 Å². The van der Waals surface area contributed by atoms with Crippen LogP contribution in [0.15, 0.2) is 0 Å². The molecule has 1 aliphatic rings. The topological polar surface area (TPSA) is 182 Å². The monoisotopic (exact) mass is 434 g/mol. The van der Waals surface area contributed by atoms with Gasteiger partial charge in [-0.1, -0.05) is 0 Å².